The smallest absolute Gasteiger partial charge is 0.279 e. The number of fused-ring (bicyclic) bond motifs is 2. The maximum Gasteiger partial charge on any atom is 0.279 e. The highest BCUT2D eigenvalue weighted by atomic mass is 32.1. The first kappa shape index (κ1) is 16.7. The number of hydrogen-bond acceptors (Lipinski definition) is 5. The van der Waals surface area contributed by atoms with E-state index < -0.39 is 0 Å². The topological polar surface area (TPSA) is 62.1 Å². The average Bonchev–Trinajstić information content (AvgIpc) is 3.01. The second-order valence-corrected chi connectivity index (χ2v) is 6.75. The molecule has 0 saturated carbocycles. The van der Waals surface area contributed by atoms with Crippen LogP contribution >= 0.6 is 11.3 Å². The van der Waals surface area contributed by atoms with E-state index in [9.17, 15) is 4.79 Å². The van der Waals surface area contributed by atoms with Gasteiger partial charge in [0.15, 0.2) is 16.3 Å². The molecule has 0 fully saturated rings. The van der Waals surface area contributed by atoms with Gasteiger partial charge in [-0.15, -0.1) is 0 Å². The summed E-state index contributed by atoms with van der Waals surface area (Å²) in [6, 6.07) is 10.9. The van der Waals surface area contributed by atoms with Crippen LogP contribution in [-0.4, -0.2) is 30.8 Å². The van der Waals surface area contributed by atoms with Gasteiger partial charge in [0.05, 0.1) is 17.3 Å². The van der Waals surface area contributed by atoms with Crippen LogP contribution in [0.5, 0.6) is 17.2 Å². The van der Waals surface area contributed by atoms with E-state index in [2.05, 4.69) is 4.99 Å². The lowest BCUT2D eigenvalue weighted by Crippen LogP contribution is -2.17. The normalized spacial score (nSPS) is 13.8. The summed E-state index contributed by atoms with van der Waals surface area (Å²) in [6.07, 6.45) is 0. The van der Waals surface area contributed by atoms with E-state index in [0.717, 1.165) is 21.7 Å². The monoisotopic (exact) mass is 370 g/mol. The molecule has 26 heavy (non-hydrogen) atoms. The van der Waals surface area contributed by atoms with Crippen molar-refractivity contribution in [1.29, 1.82) is 0 Å². The second kappa shape index (κ2) is 6.84. The Balaban J connectivity index is 1.79. The SMILES string of the molecule is CCn1c(=NC(=O)c2ccc(OC)cc2)sc2cc3c(cc21)OCCO3. The molecule has 2 heterocycles. The average molecular weight is 370 g/mol. The van der Waals surface area contributed by atoms with Crippen molar-refractivity contribution in [2.24, 2.45) is 4.99 Å². The molecule has 0 atom stereocenters. The number of carbonyl (C=O) groups is 1. The molecule has 3 aromatic rings. The zero-order valence-electron chi connectivity index (χ0n) is 14.5. The lowest BCUT2D eigenvalue weighted by atomic mass is 10.2. The third-order valence-corrected chi connectivity index (χ3v) is 5.24. The zero-order chi connectivity index (χ0) is 18.1. The number of benzene rings is 2. The highest BCUT2D eigenvalue weighted by molar-refractivity contribution is 7.16. The van der Waals surface area contributed by atoms with Crippen molar-refractivity contribution in [2.75, 3.05) is 20.3 Å². The van der Waals surface area contributed by atoms with Gasteiger partial charge >= 0.3 is 0 Å². The molecular weight excluding hydrogens is 352 g/mol. The summed E-state index contributed by atoms with van der Waals surface area (Å²) in [5, 5.41) is 0. The first-order chi connectivity index (χ1) is 12.7. The van der Waals surface area contributed by atoms with Crippen LogP contribution in [0.2, 0.25) is 0 Å². The fourth-order valence-electron chi connectivity index (χ4n) is 2.88. The van der Waals surface area contributed by atoms with Gasteiger partial charge in [0.25, 0.3) is 5.91 Å². The van der Waals surface area contributed by atoms with Crippen LogP contribution in [0.15, 0.2) is 41.4 Å². The minimum Gasteiger partial charge on any atom is -0.497 e. The number of methoxy groups -OCH3 is 1. The Morgan fingerprint density at radius 2 is 1.88 bits per heavy atom. The van der Waals surface area contributed by atoms with E-state index in [4.69, 9.17) is 14.2 Å². The minimum atomic E-state index is -0.279. The Morgan fingerprint density at radius 1 is 1.19 bits per heavy atom. The van der Waals surface area contributed by atoms with Crippen LogP contribution in [0, 0.1) is 0 Å². The van der Waals surface area contributed by atoms with Crippen LogP contribution in [-0.2, 0) is 6.54 Å². The van der Waals surface area contributed by atoms with Gasteiger partial charge < -0.3 is 18.8 Å². The highest BCUT2D eigenvalue weighted by Crippen LogP contribution is 2.35. The number of nitrogens with zero attached hydrogens (tertiary/aromatic N) is 2. The Bertz CT molecular complexity index is 1030. The van der Waals surface area contributed by atoms with E-state index in [-0.39, 0.29) is 5.91 Å². The number of rotatable bonds is 3. The number of ether oxygens (including phenoxy) is 3. The molecular formula is C19H18N2O4S. The molecule has 1 aliphatic rings. The fourth-order valence-corrected chi connectivity index (χ4v) is 3.98. The van der Waals surface area contributed by atoms with Crippen molar-refractivity contribution in [1.82, 2.24) is 4.57 Å². The predicted molar refractivity (Wildman–Crippen MR) is 99.4 cm³/mol. The van der Waals surface area contributed by atoms with Crippen LogP contribution in [0.4, 0.5) is 0 Å². The Morgan fingerprint density at radius 3 is 2.54 bits per heavy atom. The molecule has 1 amide bonds. The molecule has 6 nitrogen and oxygen atoms in total. The number of hydrogen-bond donors (Lipinski definition) is 0. The molecule has 0 bridgehead atoms. The van der Waals surface area contributed by atoms with E-state index in [1.54, 1.807) is 31.4 Å². The molecule has 134 valence electrons. The summed E-state index contributed by atoms with van der Waals surface area (Å²) in [5.74, 6) is 1.90. The van der Waals surface area contributed by atoms with Gasteiger partial charge in [-0.05, 0) is 31.2 Å². The van der Waals surface area contributed by atoms with Crippen molar-refractivity contribution in [3.63, 3.8) is 0 Å². The van der Waals surface area contributed by atoms with Gasteiger partial charge in [0, 0.05) is 24.2 Å². The van der Waals surface area contributed by atoms with Crippen molar-refractivity contribution < 1.29 is 19.0 Å². The van der Waals surface area contributed by atoms with Gasteiger partial charge in [-0.3, -0.25) is 4.79 Å². The number of amides is 1. The summed E-state index contributed by atoms with van der Waals surface area (Å²) in [4.78, 5) is 17.5. The van der Waals surface area contributed by atoms with Crippen LogP contribution in [0.25, 0.3) is 10.2 Å². The Kier molecular flexibility index (Phi) is 4.38. The maximum absolute atomic E-state index is 12.6. The van der Waals surface area contributed by atoms with Crippen LogP contribution in [0.3, 0.4) is 0 Å². The summed E-state index contributed by atoms with van der Waals surface area (Å²) in [6.45, 7) is 3.82. The van der Waals surface area contributed by atoms with E-state index in [0.29, 0.717) is 35.9 Å². The number of carbonyl (C=O) groups excluding carboxylic acids is 1. The lowest BCUT2D eigenvalue weighted by molar-refractivity contribution is 0.0998. The molecule has 0 unspecified atom stereocenters. The summed E-state index contributed by atoms with van der Waals surface area (Å²) >= 11 is 1.47. The second-order valence-electron chi connectivity index (χ2n) is 5.74. The summed E-state index contributed by atoms with van der Waals surface area (Å²) in [5.41, 5.74) is 1.51. The molecule has 4 rings (SSSR count). The van der Waals surface area contributed by atoms with Crippen molar-refractivity contribution in [3.05, 3.63) is 46.8 Å². The maximum atomic E-state index is 12.6. The predicted octanol–water partition coefficient (Wildman–Crippen LogP) is 3.24. The minimum absolute atomic E-state index is 0.279. The third-order valence-electron chi connectivity index (χ3n) is 4.20. The van der Waals surface area contributed by atoms with E-state index >= 15 is 0 Å². The standard InChI is InChI=1S/C19H18N2O4S/c1-3-21-14-10-15-16(25-9-8-24-15)11-17(14)26-19(21)20-18(22)12-4-6-13(23-2)7-5-12/h4-7,10-11H,3,8-9H2,1-2H3. The van der Waals surface area contributed by atoms with Gasteiger partial charge in [0.2, 0.25) is 0 Å². The van der Waals surface area contributed by atoms with E-state index in [1.807, 2.05) is 23.6 Å². The summed E-state index contributed by atoms with van der Waals surface area (Å²) in [7, 11) is 1.59. The molecule has 0 N–H and O–H groups in total. The first-order valence-corrected chi connectivity index (χ1v) is 9.17. The molecule has 0 saturated heterocycles. The van der Waals surface area contributed by atoms with Crippen LogP contribution in [0.1, 0.15) is 17.3 Å². The zero-order valence-corrected chi connectivity index (χ0v) is 15.3. The van der Waals surface area contributed by atoms with Gasteiger partial charge in [-0.1, -0.05) is 11.3 Å². The van der Waals surface area contributed by atoms with Crippen molar-refractivity contribution >= 4 is 27.5 Å². The first-order valence-electron chi connectivity index (χ1n) is 8.35. The molecule has 1 aromatic heterocycles. The molecule has 0 spiro atoms. The summed E-state index contributed by atoms with van der Waals surface area (Å²) < 4.78 is 19.5. The van der Waals surface area contributed by atoms with Gasteiger partial charge in [-0.25, -0.2) is 0 Å². The Labute approximate surface area is 154 Å². The number of thiazole rings is 1. The number of aromatic nitrogens is 1. The molecule has 1 aliphatic heterocycles. The molecule has 0 radical (unpaired) electrons. The quantitative estimate of drug-likeness (QED) is 0.710. The van der Waals surface area contributed by atoms with Crippen molar-refractivity contribution in [3.8, 4) is 17.2 Å². The van der Waals surface area contributed by atoms with Crippen molar-refractivity contribution in [2.45, 2.75) is 13.5 Å². The molecule has 7 heteroatoms. The Hall–Kier alpha value is -2.80. The fraction of sp³-hybridized carbons (Fsp3) is 0.263. The van der Waals surface area contributed by atoms with E-state index in [1.165, 1.54) is 11.3 Å². The van der Waals surface area contributed by atoms with Gasteiger partial charge in [0.1, 0.15) is 19.0 Å². The molecule has 2 aromatic carbocycles. The largest absolute Gasteiger partial charge is 0.497 e. The van der Waals surface area contributed by atoms with Gasteiger partial charge in [-0.2, -0.15) is 4.99 Å². The highest BCUT2D eigenvalue weighted by Gasteiger charge is 2.16. The molecule has 0 aliphatic carbocycles. The van der Waals surface area contributed by atoms with Crippen LogP contribution < -0.4 is 19.0 Å². The number of aryl methyl sites for hydroxylation is 1. The lowest BCUT2D eigenvalue weighted by Gasteiger charge is -2.18. The third kappa shape index (κ3) is 2.94.